The molecule has 130 valence electrons. The molecule has 0 N–H and O–H groups in total. The van der Waals surface area contributed by atoms with Gasteiger partial charge in [-0.15, -0.1) is 0 Å². The van der Waals surface area contributed by atoms with Crippen LogP contribution in [0.25, 0.3) is 11.1 Å². The van der Waals surface area contributed by atoms with E-state index in [1.807, 2.05) is 0 Å². The molecule has 0 amide bonds. The van der Waals surface area contributed by atoms with Gasteiger partial charge >= 0.3 is 0 Å². The number of alkyl halides is 1. The molecule has 0 aliphatic carbocycles. The Morgan fingerprint density at radius 2 is 1.38 bits per heavy atom. The van der Waals surface area contributed by atoms with Gasteiger partial charge in [-0.1, -0.05) is 31.4 Å². The highest BCUT2D eigenvalue weighted by Crippen LogP contribution is 2.29. The molecular weight excluding hydrogens is 316 g/mol. The number of unbranched alkanes of at least 4 members (excludes halogenated alkanes) is 4. The van der Waals surface area contributed by atoms with Crippen molar-refractivity contribution in [3.8, 4) is 11.1 Å². The zero-order valence-corrected chi connectivity index (χ0v) is 13.8. The summed E-state index contributed by atoms with van der Waals surface area (Å²) in [5, 5.41) is 0. The van der Waals surface area contributed by atoms with E-state index < -0.39 is 17.5 Å². The van der Waals surface area contributed by atoms with Crippen molar-refractivity contribution in [3.05, 3.63) is 58.9 Å². The third-order valence-corrected chi connectivity index (χ3v) is 4.16. The second-order valence-corrected chi connectivity index (χ2v) is 6.11. The van der Waals surface area contributed by atoms with Gasteiger partial charge in [0.15, 0.2) is 0 Å². The van der Waals surface area contributed by atoms with E-state index in [0.29, 0.717) is 24.0 Å². The summed E-state index contributed by atoms with van der Waals surface area (Å²) in [4.78, 5) is 0. The van der Waals surface area contributed by atoms with Crippen LogP contribution in [0.1, 0.15) is 43.2 Å². The fourth-order valence-electron chi connectivity index (χ4n) is 2.75. The molecule has 4 heteroatoms. The summed E-state index contributed by atoms with van der Waals surface area (Å²) in [7, 11) is 0. The first-order chi connectivity index (χ1) is 11.5. The smallest absolute Gasteiger partial charge is 0.134 e. The summed E-state index contributed by atoms with van der Waals surface area (Å²) < 4.78 is 54.2. The molecule has 2 rings (SSSR count). The van der Waals surface area contributed by atoms with E-state index in [0.717, 1.165) is 31.7 Å². The van der Waals surface area contributed by atoms with Crippen LogP contribution in [0, 0.1) is 24.4 Å². The Morgan fingerprint density at radius 3 is 2.00 bits per heavy atom. The molecule has 0 saturated heterocycles. The lowest BCUT2D eigenvalue weighted by Gasteiger charge is -2.09. The summed E-state index contributed by atoms with van der Waals surface area (Å²) in [6.45, 7) is 1.31. The van der Waals surface area contributed by atoms with Crippen LogP contribution in [0.5, 0.6) is 0 Å². The summed E-state index contributed by atoms with van der Waals surface area (Å²) >= 11 is 0. The molecule has 0 fully saturated rings. The van der Waals surface area contributed by atoms with E-state index >= 15 is 0 Å². The van der Waals surface area contributed by atoms with E-state index in [1.54, 1.807) is 6.92 Å². The molecule has 0 aliphatic heterocycles. The molecule has 0 atom stereocenters. The van der Waals surface area contributed by atoms with Crippen molar-refractivity contribution in [2.24, 2.45) is 0 Å². The minimum atomic E-state index is -0.675. The lowest BCUT2D eigenvalue weighted by Crippen LogP contribution is -1.96. The summed E-state index contributed by atoms with van der Waals surface area (Å²) in [5.41, 5.74) is 1.03. The van der Waals surface area contributed by atoms with Crippen molar-refractivity contribution in [1.29, 1.82) is 0 Å². The third kappa shape index (κ3) is 4.83. The topological polar surface area (TPSA) is 0 Å². The number of benzene rings is 2. The Hall–Kier alpha value is -1.84. The van der Waals surface area contributed by atoms with Crippen LogP contribution in [0.4, 0.5) is 17.6 Å². The fraction of sp³-hybridized carbons (Fsp3) is 0.400. The molecule has 24 heavy (non-hydrogen) atoms. The molecule has 0 heterocycles. The molecule has 0 radical (unpaired) electrons. The van der Waals surface area contributed by atoms with Gasteiger partial charge in [-0.25, -0.2) is 13.2 Å². The van der Waals surface area contributed by atoms with Crippen molar-refractivity contribution < 1.29 is 17.6 Å². The molecule has 0 spiro atoms. The number of hydrogen-bond acceptors (Lipinski definition) is 0. The molecule has 0 unspecified atom stereocenters. The molecule has 0 bridgehead atoms. The maximum atomic E-state index is 14.3. The van der Waals surface area contributed by atoms with Crippen molar-refractivity contribution in [3.63, 3.8) is 0 Å². The van der Waals surface area contributed by atoms with Gasteiger partial charge in [-0.2, -0.15) is 0 Å². The minimum absolute atomic E-state index is 0.194. The summed E-state index contributed by atoms with van der Waals surface area (Å²) in [6, 6.07) is 6.82. The highest BCUT2D eigenvalue weighted by molar-refractivity contribution is 5.65. The number of aryl methyl sites for hydroxylation is 2. The quantitative estimate of drug-likeness (QED) is 0.378. The molecular formula is C20H22F4. The Kier molecular flexibility index (Phi) is 6.83. The van der Waals surface area contributed by atoms with Gasteiger partial charge < -0.3 is 0 Å². The van der Waals surface area contributed by atoms with Crippen molar-refractivity contribution in [2.75, 3.05) is 6.67 Å². The van der Waals surface area contributed by atoms with Crippen molar-refractivity contribution in [2.45, 2.75) is 45.4 Å². The van der Waals surface area contributed by atoms with Crippen LogP contribution < -0.4 is 0 Å². The van der Waals surface area contributed by atoms with Crippen LogP contribution in [0.15, 0.2) is 30.3 Å². The first-order valence-electron chi connectivity index (χ1n) is 8.33. The first-order valence-corrected chi connectivity index (χ1v) is 8.33. The normalized spacial score (nSPS) is 11.0. The van der Waals surface area contributed by atoms with Crippen molar-refractivity contribution >= 4 is 0 Å². The number of hydrogen-bond donors (Lipinski definition) is 0. The molecule has 0 nitrogen and oxygen atoms in total. The monoisotopic (exact) mass is 338 g/mol. The van der Waals surface area contributed by atoms with Gasteiger partial charge in [0, 0.05) is 0 Å². The Morgan fingerprint density at radius 1 is 0.750 bits per heavy atom. The molecule has 0 saturated carbocycles. The van der Waals surface area contributed by atoms with Crippen LogP contribution in [0.2, 0.25) is 0 Å². The molecule has 2 aromatic rings. The number of halogens is 4. The largest absolute Gasteiger partial charge is 0.251 e. The van der Waals surface area contributed by atoms with Gasteiger partial charge in [0.2, 0.25) is 0 Å². The average Bonchev–Trinajstić information content (AvgIpc) is 2.53. The van der Waals surface area contributed by atoms with Gasteiger partial charge in [0.1, 0.15) is 17.5 Å². The first kappa shape index (κ1) is 18.5. The highest BCUT2D eigenvalue weighted by Gasteiger charge is 2.14. The lowest BCUT2D eigenvalue weighted by molar-refractivity contribution is 0.451. The van der Waals surface area contributed by atoms with Crippen LogP contribution in [0.3, 0.4) is 0 Å². The average molecular weight is 338 g/mol. The van der Waals surface area contributed by atoms with Gasteiger partial charge in [0.05, 0.1) is 12.2 Å². The minimum Gasteiger partial charge on any atom is -0.251 e. The van der Waals surface area contributed by atoms with Gasteiger partial charge in [0.25, 0.3) is 0 Å². The predicted octanol–water partition coefficient (Wildman–Crippen LogP) is 6.54. The number of rotatable bonds is 8. The summed E-state index contributed by atoms with van der Waals surface area (Å²) in [6.07, 6.45) is 4.64. The molecule has 2 aromatic carbocycles. The molecule has 0 aliphatic rings. The van der Waals surface area contributed by atoms with Crippen LogP contribution in [-0.2, 0) is 6.42 Å². The van der Waals surface area contributed by atoms with Crippen LogP contribution in [-0.4, -0.2) is 6.67 Å². The molecule has 0 aromatic heterocycles. The highest BCUT2D eigenvalue weighted by atomic mass is 19.1. The second kappa shape index (κ2) is 8.86. The third-order valence-electron chi connectivity index (χ3n) is 4.16. The Bertz CT molecular complexity index is 656. The van der Waals surface area contributed by atoms with E-state index in [1.165, 1.54) is 24.3 Å². The Balaban J connectivity index is 2.06. The second-order valence-electron chi connectivity index (χ2n) is 6.11. The summed E-state index contributed by atoms with van der Waals surface area (Å²) in [5.74, 6) is -1.83. The van der Waals surface area contributed by atoms with E-state index in [4.69, 9.17) is 0 Å². The lowest BCUT2D eigenvalue weighted by atomic mass is 9.98. The van der Waals surface area contributed by atoms with E-state index in [2.05, 4.69) is 0 Å². The van der Waals surface area contributed by atoms with Gasteiger partial charge in [-0.05, 0) is 61.1 Å². The Labute approximate surface area is 140 Å². The predicted molar refractivity (Wildman–Crippen MR) is 89.3 cm³/mol. The zero-order valence-electron chi connectivity index (χ0n) is 13.8. The van der Waals surface area contributed by atoms with E-state index in [-0.39, 0.29) is 17.8 Å². The van der Waals surface area contributed by atoms with Crippen molar-refractivity contribution in [1.82, 2.24) is 0 Å². The maximum Gasteiger partial charge on any atom is 0.134 e. The van der Waals surface area contributed by atoms with Gasteiger partial charge in [-0.3, -0.25) is 4.39 Å². The fourth-order valence-corrected chi connectivity index (χ4v) is 2.75. The standard InChI is InChI=1S/C20H22F4/c1-14-8-9-16(13-17(14)22)20-18(23)11-15(12-19(20)24)7-5-3-2-4-6-10-21/h8-9,11-13H,2-7,10H2,1H3. The van der Waals surface area contributed by atoms with Crippen LogP contribution >= 0.6 is 0 Å². The SMILES string of the molecule is Cc1ccc(-c2c(F)cc(CCCCCCCF)cc2F)cc1F. The maximum absolute atomic E-state index is 14.3. The van der Waals surface area contributed by atoms with E-state index in [9.17, 15) is 17.6 Å². The zero-order chi connectivity index (χ0) is 17.5.